The summed E-state index contributed by atoms with van der Waals surface area (Å²) in [6, 6.07) is -0.521. The van der Waals surface area contributed by atoms with Crippen molar-refractivity contribution < 1.29 is 29.0 Å². The third-order valence-corrected chi connectivity index (χ3v) is 1.94. The molecule has 0 saturated heterocycles. The minimum Gasteiger partial charge on any atom is -0.483 e. The van der Waals surface area contributed by atoms with Crippen LogP contribution in [0.2, 0.25) is 0 Å². The molecule has 8 heteroatoms. The maximum absolute atomic E-state index is 11.4. The fourth-order valence-electron chi connectivity index (χ4n) is 1.11. The molecular formula is C12H24N2O6. The number of rotatable bonds is 4. The Morgan fingerprint density at radius 3 is 2.10 bits per heavy atom. The van der Waals surface area contributed by atoms with Crippen molar-refractivity contribution in [1.82, 2.24) is 10.2 Å². The van der Waals surface area contributed by atoms with Crippen LogP contribution in [0.4, 0.5) is 4.79 Å². The molecular weight excluding hydrogens is 268 g/mol. The molecule has 0 aliphatic heterocycles. The van der Waals surface area contributed by atoms with Gasteiger partial charge >= 0.3 is 12.1 Å². The highest BCUT2D eigenvalue weighted by Gasteiger charge is 2.23. The fraction of sp³-hybridized carbons (Fsp3) is 0.750. The summed E-state index contributed by atoms with van der Waals surface area (Å²) in [5.74, 6) is -0.397. The number of carbonyl (C=O) groups excluding carboxylic acids is 2. The molecule has 1 atom stereocenters. The van der Waals surface area contributed by atoms with E-state index < -0.39 is 23.7 Å². The molecule has 0 aliphatic rings. The van der Waals surface area contributed by atoms with Crippen molar-refractivity contribution in [2.45, 2.75) is 32.4 Å². The third kappa shape index (κ3) is 11.3. The Labute approximate surface area is 119 Å². The van der Waals surface area contributed by atoms with Crippen molar-refractivity contribution >= 4 is 18.5 Å². The quantitative estimate of drug-likeness (QED) is 0.567. The lowest BCUT2D eigenvalue weighted by Crippen LogP contribution is -2.46. The van der Waals surface area contributed by atoms with E-state index in [-0.39, 0.29) is 13.0 Å². The second kappa shape index (κ2) is 10.0. The Balaban J connectivity index is 0. The van der Waals surface area contributed by atoms with Crippen LogP contribution < -0.4 is 5.32 Å². The topological polar surface area (TPSA) is 105 Å². The summed E-state index contributed by atoms with van der Waals surface area (Å²) < 4.78 is 9.69. The number of carbonyl (C=O) groups is 3. The molecule has 0 rings (SSSR count). The van der Waals surface area contributed by atoms with E-state index in [9.17, 15) is 9.59 Å². The van der Waals surface area contributed by atoms with Crippen molar-refractivity contribution in [2.24, 2.45) is 0 Å². The van der Waals surface area contributed by atoms with Crippen LogP contribution in [0.25, 0.3) is 0 Å². The average Bonchev–Trinajstić information content (AvgIpc) is 2.27. The van der Waals surface area contributed by atoms with Gasteiger partial charge in [0.15, 0.2) is 0 Å². The van der Waals surface area contributed by atoms with E-state index in [0.29, 0.717) is 0 Å². The summed E-state index contributed by atoms with van der Waals surface area (Å²) >= 11 is 0. The monoisotopic (exact) mass is 292 g/mol. The van der Waals surface area contributed by atoms with E-state index in [1.165, 1.54) is 7.11 Å². The van der Waals surface area contributed by atoms with Gasteiger partial charge in [-0.2, -0.15) is 0 Å². The molecule has 2 N–H and O–H groups in total. The first-order valence-electron chi connectivity index (χ1n) is 5.88. The lowest BCUT2D eigenvalue weighted by atomic mass is 10.2. The Morgan fingerprint density at radius 1 is 1.35 bits per heavy atom. The highest BCUT2D eigenvalue weighted by Crippen LogP contribution is 2.06. The molecule has 0 fully saturated rings. The maximum atomic E-state index is 11.4. The molecule has 0 aliphatic carbocycles. The number of nitrogens with zero attached hydrogens (tertiary/aromatic N) is 1. The van der Waals surface area contributed by atoms with Crippen LogP contribution in [0.15, 0.2) is 0 Å². The molecule has 0 radical (unpaired) electrons. The number of nitrogens with one attached hydrogen (secondary N) is 1. The van der Waals surface area contributed by atoms with Crippen LogP contribution in [-0.2, 0) is 19.1 Å². The smallest absolute Gasteiger partial charge is 0.407 e. The van der Waals surface area contributed by atoms with Crippen LogP contribution in [-0.4, -0.2) is 67.9 Å². The number of alkyl carbamates (subject to hydrolysis) is 1. The van der Waals surface area contributed by atoms with Gasteiger partial charge in [0.25, 0.3) is 6.47 Å². The molecule has 0 aromatic carbocycles. The molecule has 20 heavy (non-hydrogen) atoms. The highest BCUT2D eigenvalue weighted by molar-refractivity contribution is 5.77. The van der Waals surface area contributed by atoms with Crippen LogP contribution in [0.5, 0.6) is 0 Å². The second-order valence-corrected chi connectivity index (χ2v) is 4.99. The predicted octanol–water partition coefficient (Wildman–Crippen LogP) is 0.315. The molecule has 1 amide bonds. The average molecular weight is 292 g/mol. The molecule has 0 heterocycles. The second-order valence-electron chi connectivity index (χ2n) is 4.99. The number of ether oxygens (including phenoxy) is 2. The van der Waals surface area contributed by atoms with E-state index in [0.717, 1.165) is 0 Å². The van der Waals surface area contributed by atoms with Gasteiger partial charge in [-0.25, -0.2) is 4.79 Å². The summed E-state index contributed by atoms with van der Waals surface area (Å²) in [5.41, 5.74) is -0.553. The van der Waals surface area contributed by atoms with E-state index in [2.05, 4.69) is 10.1 Å². The Morgan fingerprint density at radius 2 is 1.80 bits per heavy atom. The summed E-state index contributed by atoms with van der Waals surface area (Å²) in [5, 5.41) is 9.42. The van der Waals surface area contributed by atoms with Gasteiger partial charge in [0.2, 0.25) is 0 Å². The van der Waals surface area contributed by atoms with Crippen LogP contribution in [0.3, 0.4) is 0 Å². The Hall–Kier alpha value is -1.83. The van der Waals surface area contributed by atoms with Crippen molar-refractivity contribution in [3.8, 4) is 0 Å². The summed E-state index contributed by atoms with van der Waals surface area (Å²) in [6.45, 7) is 5.22. The zero-order valence-corrected chi connectivity index (χ0v) is 12.8. The Kier molecular flexibility index (Phi) is 10.3. The van der Waals surface area contributed by atoms with Crippen molar-refractivity contribution in [1.29, 1.82) is 0 Å². The van der Waals surface area contributed by atoms with Gasteiger partial charge in [0.05, 0.1) is 7.11 Å². The van der Waals surface area contributed by atoms with Crippen LogP contribution >= 0.6 is 0 Å². The normalized spacial score (nSPS) is 11.8. The van der Waals surface area contributed by atoms with Gasteiger partial charge in [-0.1, -0.05) is 0 Å². The van der Waals surface area contributed by atoms with Gasteiger partial charge in [0, 0.05) is 6.54 Å². The van der Waals surface area contributed by atoms with Crippen molar-refractivity contribution in [3.05, 3.63) is 0 Å². The number of methoxy groups -OCH3 is 1. The van der Waals surface area contributed by atoms with E-state index >= 15 is 0 Å². The molecule has 0 aromatic heterocycles. The number of hydrogen-bond donors (Lipinski definition) is 2. The predicted molar refractivity (Wildman–Crippen MR) is 72.4 cm³/mol. The zero-order chi connectivity index (χ0) is 16.3. The molecule has 0 saturated carbocycles. The summed E-state index contributed by atoms with van der Waals surface area (Å²) in [7, 11) is 4.78. The van der Waals surface area contributed by atoms with Gasteiger partial charge in [-0.3, -0.25) is 14.5 Å². The number of likely N-dealkylation sites (N-methyl/N-ethyl adjacent to an activating group) is 1. The summed E-state index contributed by atoms with van der Waals surface area (Å²) in [4.78, 5) is 32.8. The van der Waals surface area contributed by atoms with Crippen LogP contribution in [0, 0.1) is 0 Å². The molecule has 118 valence electrons. The van der Waals surface area contributed by atoms with Crippen molar-refractivity contribution in [2.75, 3.05) is 27.7 Å². The zero-order valence-electron chi connectivity index (χ0n) is 12.8. The standard InChI is InChI=1S/C11H22N2O4.CH2O2/c1-11(2,3)17-10(15)12-7-8(13(4)5)9(14)16-6;2-1-3/h8H,7H2,1-6H3,(H,12,15);1H,(H,2,3)/t8-;/m0./s1. The molecule has 0 spiro atoms. The fourth-order valence-corrected chi connectivity index (χ4v) is 1.11. The first-order valence-corrected chi connectivity index (χ1v) is 5.88. The van der Waals surface area contributed by atoms with E-state index in [4.69, 9.17) is 14.6 Å². The number of amides is 1. The summed E-state index contributed by atoms with van der Waals surface area (Å²) in [6.07, 6.45) is -0.548. The maximum Gasteiger partial charge on any atom is 0.407 e. The number of carboxylic acid groups (broad SMARTS) is 1. The van der Waals surface area contributed by atoms with Gasteiger partial charge in [-0.15, -0.1) is 0 Å². The third-order valence-electron chi connectivity index (χ3n) is 1.94. The minimum atomic E-state index is -0.553. The first-order chi connectivity index (χ1) is 9.08. The largest absolute Gasteiger partial charge is 0.483 e. The first kappa shape index (κ1) is 20.5. The SMILES string of the molecule is COC(=O)[C@H](CNC(=O)OC(C)(C)C)N(C)C.O=CO. The van der Waals surface area contributed by atoms with Gasteiger partial charge in [-0.05, 0) is 34.9 Å². The van der Waals surface area contributed by atoms with Gasteiger partial charge in [0.1, 0.15) is 11.6 Å². The molecule has 0 aromatic rings. The van der Waals surface area contributed by atoms with Gasteiger partial charge < -0.3 is 19.9 Å². The van der Waals surface area contributed by atoms with E-state index in [1.807, 2.05) is 0 Å². The lowest BCUT2D eigenvalue weighted by molar-refractivity contribution is -0.145. The van der Waals surface area contributed by atoms with Crippen LogP contribution in [0.1, 0.15) is 20.8 Å². The van der Waals surface area contributed by atoms with Crippen molar-refractivity contribution in [3.63, 3.8) is 0 Å². The Bertz CT molecular complexity index is 312. The highest BCUT2D eigenvalue weighted by atomic mass is 16.6. The lowest BCUT2D eigenvalue weighted by Gasteiger charge is -2.24. The molecule has 0 bridgehead atoms. The van der Waals surface area contributed by atoms with E-state index in [1.54, 1.807) is 39.8 Å². The molecule has 0 unspecified atom stereocenters. The molecule has 8 nitrogen and oxygen atoms in total. The number of hydrogen-bond acceptors (Lipinski definition) is 6. The minimum absolute atomic E-state index is 0.147. The number of esters is 1.